The Morgan fingerprint density at radius 1 is 0.960 bits per heavy atom. The molecule has 1 fully saturated rings. The summed E-state index contributed by atoms with van der Waals surface area (Å²) in [6.07, 6.45) is 1.54. The van der Waals surface area contributed by atoms with Gasteiger partial charge in [-0.25, -0.2) is 14.4 Å². The lowest BCUT2D eigenvalue weighted by atomic mass is 10.2. The molecule has 1 aliphatic rings. The van der Waals surface area contributed by atoms with Gasteiger partial charge in [-0.2, -0.15) is 0 Å². The van der Waals surface area contributed by atoms with Gasteiger partial charge in [0.25, 0.3) is 0 Å². The maximum absolute atomic E-state index is 13.7. The average Bonchev–Trinajstić information content (AvgIpc) is 2.67. The van der Waals surface area contributed by atoms with Crippen molar-refractivity contribution in [2.24, 2.45) is 0 Å². The molecule has 6 heteroatoms. The molecule has 1 saturated heterocycles. The number of anilines is 2. The zero-order chi connectivity index (χ0) is 17.2. The van der Waals surface area contributed by atoms with Crippen molar-refractivity contribution < 1.29 is 9.13 Å². The highest BCUT2D eigenvalue weighted by Crippen LogP contribution is 2.30. The van der Waals surface area contributed by atoms with Crippen molar-refractivity contribution in [3.8, 4) is 5.75 Å². The summed E-state index contributed by atoms with van der Waals surface area (Å²) in [5.41, 5.74) is 1.86. The molecule has 128 valence electrons. The molecular weight excluding hydrogens is 319 g/mol. The number of halogens is 1. The molecule has 0 amide bonds. The van der Waals surface area contributed by atoms with Gasteiger partial charge in [0.15, 0.2) is 0 Å². The van der Waals surface area contributed by atoms with Gasteiger partial charge < -0.3 is 14.5 Å². The zero-order valence-electron chi connectivity index (χ0n) is 14.0. The van der Waals surface area contributed by atoms with Crippen molar-refractivity contribution in [1.82, 2.24) is 9.97 Å². The maximum Gasteiger partial charge on any atom is 0.142 e. The quantitative estimate of drug-likeness (QED) is 0.734. The van der Waals surface area contributed by atoms with Crippen LogP contribution in [-0.4, -0.2) is 43.3 Å². The Morgan fingerprint density at radius 3 is 2.52 bits per heavy atom. The summed E-state index contributed by atoms with van der Waals surface area (Å²) < 4.78 is 19.1. The molecule has 5 nitrogen and oxygen atoms in total. The van der Waals surface area contributed by atoms with E-state index < -0.39 is 0 Å². The van der Waals surface area contributed by atoms with E-state index in [1.165, 1.54) is 12.1 Å². The van der Waals surface area contributed by atoms with E-state index >= 15 is 0 Å². The fourth-order valence-corrected chi connectivity index (χ4v) is 3.32. The minimum absolute atomic E-state index is 0.267. The van der Waals surface area contributed by atoms with Crippen molar-refractivity contribution in [2.45, 2.75) is 0 Å². The SMILES string of the molecule is COc1ccccc1N1CCN(c2ncnc3ccc(F)cc23)CC1. The average molecular weight is 338 g/mol. The lowest BCUT2D eigenvalue weighted by Gasteiger charge is -2.37. The molecule has 0 atom stereocenters. The molecule has 0 unspecified atom stereocenters. The predicted molar refractivity (Wildman–Crippen MR) is 96.9 cm³/mol. The predicted octanol–water partition coefficient (Wildman–Crippen LogP) is 3.10. The van der Waals surface area contributed by atoms with Crippen LogP contribution in [0.1, 0.15) is 0 Å². The van der Waals surface area contributed by atoms with Crippen LogP contribution in [-0.2, 0) is 0 Å². The number of nitrogens with zero attached hydrogens (tertiary/aromatic N) is 4. The first-order chi connectivity index (χ1) is 12.3. The molecule has 0 N–H and O–H groups in total. The molecule has 1 aromatic heterocycles. The van der Waals surface area contributed by atoms with Crippen LogP contribution in [0, 0.1) is 5.82 Å². The van der Waals surface area contributed by atoms with Crippen molar-refractivity contribution in [3.05, 3.63) is 54.6 Å². The summed E-state index contributed by atoms with van der Waals surface area (Å²) in [6.45, 7) is 3.31. The number of benzene rings is 2. The highest BCUT2D eigenvalue weighted by atomic mass is 19.1. The molecule has 2 aromatic carbocycles. The fourth-order valence-electron chi connectivity index (χ4n) is 3.32. The monoisotopic (exact) mass is 338 g/mol. The third kappa shape index (κ3) is 2.95. The molecule has 0 aliphatic carbocycles. The number of ether oxygens (including phenoxy) is 1. The van der Waals surface area contributed by atoms with Crippen molar-refractivity contribution in [1.29, 1.82) is 0 Å². The third-order valence-electron chi connectivity index (χ3n) is 4.58. The van der Waals surface area contributed by atoms with Gasteiger partial charge in [0.2, 0.25) is 0 Å². The first-order valence-electron chi connectivity index (χ1n) is 8.29. The number of rotatable bonds is 3. The van der Waals surface area contributed by atoms with Crippen molar-refractivity contribution in [2.75, 3.05) is 43.1 Å². The highest BCUT2D eigenvalue weighted by Gasteiger charge is 2.22. The van der Waals surface area contributed by atoms with Crippen LogP contribution >= 0.6 is 0 Å². The Hall–Kier alpha value is -2.89. The standard InChI is InChI=1S/C19H19FN4O/c1-25-18-5-3-2-4-17(18)23-8-10-24(11-9-23)19-15-12-14(20)6-7-16(15)21-13-22-19/h2-7,12-13H,8-11H2,1H3. The Morgan fingerprint density at radius 2 is 1.72 bits per heavy atom. The Bertz CT molecular complexity index is 893. The number of aromatic nitrogens is 2. The van der Waals surface area contributed by atoms with E-state index in [4.69, 9.17) is 4.74 Å². The van der Waals surface area contributed by atoms with Gasteiger partial charge in [0.05, 0.1) is 18.3 Å². The third-order valence-corrected chi connectivity index (χ3v) is 4.58. The lowest BCUT2D eigenvalue weighted by Crippen LogP contribution is -2.47. The normalized spacial score (nSPS) is 14.8. The van der Waals surface area contributed by atoms with E-state index in [0.29, 0.717) is 0 Å². The van der Waals surface area contributed by atoms with Crippen LogP contribution in [0.5, 0.6) is 5.75 Å². The second-order valence-electron chi connectivity index (χ2n) is 6.00. The van der Waals surface area contributed by atoms with Gasteiger partial charge in [-0.1, -0.05) is 12.1 Å². The second-order valence-corrected chi connectivity index (χ2v) is 6.00. The van der Waals surface area contributed by atoms with Crippen LogP contribution in [0.4, 0.5) is 15.9 Å². The topological polar surface area (TPSA) is 41.5 Å². The largest absolute Gasteiger partial charge is 0.495 e. The number of methoxy groups -OCH3 is 1. The van der Waals surface area contributed by atoms with Crippen LogP contribution in [0.25, 0.3) is 10.9 Å². The first kappa shape index (κ1) is 15.6. The summed E-state index contributed by atoms with van der Waals surface area (Å²) >= 11 is 0. The molecular formula is C19H19FN4O. The second kappa shape index (κ2) is 6.55. The number of fused-ring (bicyclic) bond motifs is 1. The Balaban J connectivity index is 1.57. The molecule has 0 spiro atoms. The molecule has 0 bridgehead atoms. The molecule has 3 aromatic rings. The van der Waals surface area contributed by atoms with Gasteiger partial charge in [-0.3, -0.25) is 0 Å². The Kier molecular flexibility index (Phi) is 4.09. The van der Waals surface area contributed by atoms with Crippen molar-refractivity contribution >= 4 is 22.4 Å². The van der Waals surface area contributed by atoms with E-state index in [1.54, 1.807) is 19.5 Å². The van der Waals surface area contributed by atoms with Crippen molar-refractivity contribution in [3.63, 3.8) is 0 Å². The molecule has 0 radical (unpaired) electrons. The summed E-state index contributed by atoms with van der Waals surface area (Å²) in [4.78, 5) is 13.1. The number of hydrogen-bond donors (Lipinski definition) is 0. The highest BCUT2D eigenvalue weighted by molar-refractivity contribution is 5.89. The fraction of sp³-hybridized carbons (Fsp3) is 0.263. The minimum atomic E-state index is -0.267. The zero-order valence-corrected chi connectivity index (χ0v) is 14.0. The van der Waals surface area contributed by atoms with Gasteiger partial charge in [0.1, 0.15) is 23.7 Å². The summed E-state index contributed by atoms with van der Waals surface area (Å²) in [7, 11) is 1.69. The van der Waals surface area contributed by atoms with Gasteiger partial charge >= 0.3 is 0 Å². The molecule has 4 rings (SSSR count). The van der Waals surface area contributed by atoms with Crippen LogP contribution in [0.15, 0.2) is 48.8 Å². The smallest absolute Gasteiger partial charge is 0.142 e. The number of piperazine rings is 1. The summed E-state index contributed by atoms with van der Waals surface area (Å²) in [5, 5.41) is 0.758. The van der Waals surface area contributed by atoms with Crippen LogP contribution in [0.3, 0.4) is 0 Å². The van der Waals surface area contributed by atoms with E-state index in [-0.39, 0.29) is 5.82 Å². The lowest BCUT2D eigenvalue weighted by molar-refractivity contribution is 0.413. The Labute approximate surface area is 145 Å². The maximum atomic E-state index is 13.7. The molecule has 0 saturated carbocycles. The van der Waals surface area contributed by atoms with Gasteiger partial charge in [0, 0.05) is 31.6 Å². The summed E-state index contributed by atoms with van der Waals surface area (Å²) in [6, 6.07) is 12.7. The van der Waals surface area contributed by atoms with Crippen LogP contribution in [0.2, 0.25) is 0 Å². The summed E-state index contributed by atoms with van der Waals surface area (Å²) in [5.74, 6) is 1.41. The van der Waals surface area contributed by atoms with E-state index in [9.17, 15) is 4.39 Å². The number of hydrogen-bond acceptors (Lipinski definition) is 5. The van der Waals surface area contributed by atoms with E-state index in [0.717, 1.165) is 54.3 Å². The van der Waals surface area contributed by atoms with Gasteiger partial charge in [-0.15, -0.1) is 0 Å². The molecule has 25 heavy (non-hydrogen) atoms. The number of para-hydroxylation sites is 2. The molecule has 2 heterocycles. The van der Waals surface area contributed by atoms with E-state index in [2.05, 4.69) is 25.8 Å². The van der Waals surface area contributed by atoms with E-state index in [1.807, 2.05) is 18.2 Å². The van der Waals surface area contributed by atoms with Crippen LogP contribution < -0.4 is 14.5 Å². The first-order valence-corrected chi connectivity index (χ1v) is 8.29. The molecule has 1 aliphatic heterocycles. The minimum Gasteiger partial charge on any atom is -0.495 e. The van der Waals surface area contributed by atoms with Gasteiger partial charge in [-0.05, 0) is 30.3 Å².